The summed E-state index contributed by atoms with van der Waals surface area (Å²) in [6.07, 6.45) is 0. The summed E-state index contributed by atoms with van der Waals surface area (Å²) in [5, 5.41) is 3.35. The molecule has 0 bridgehead atoms. The molecular formula is C17H18N4O3. The molecule has 3 aromatic rings. The molecule has 3 rings (SSSR count). The summed E-state index contributed by atoms with van der Waals surface area (Å²) in [5.74, 6) is 0. The summed E-state index contributed by atoms with van der Waals surface area (Å²) < 4.78 is 3.76. The molecule has 0 aliphatic carbocycles. The minimum atomic E-state index is -0.481. The number of aromatic nitrogens is 3. The molecule has 124 valence electrons. The number of nitrogens with zero attached hydrogens (tertiary/aromatic N) is 3. The van der Waals surface area contributed by atoms with Gasteiger partial charge in [0.25, 0.3) is 11.1 Å². The molecule has 0 saturated carbocycles. The number of benzene rings is 1. The predicted molar refractivity (Wildman–Crippen MR) is 94.2 cm³/mol. The standard InChI is InChI=1S/C17H18N4O3/c1-4-18-12-10-13(22)21(11-8-6-5-7-9-11)15-14(12)16(23)20(3)17(24)19(15)2/h5-10,18H,4H2,1-3H3. The number of hydrogen-bond donors (Lipinski definition) is 1. The zero-order valence-corrected chi connectivity index (χ0v) is 13.7. The Morgan fingerprint density at radius 2 is 1.67 bits per heavy atom. The van der Waals surface area contributed by atoms with Gasteiger partial charge in [-0.1, -0.05) is 18.2 Å². The summed E-state index contributed by atoms with van der Waals surface area (Å²) in [5.41, 5.74) is 0.0734. The minimum Gasteiger partial charge on any atom is -0.384 e. The highest BCUT2D eigenvalue weighted by atomic mass is 16.2. The highest BCUT2D eigenvalue weighted by Gasteiger charge is 2.18. The van der Waals surface area contributed by atoms with E-state index in [-0.39, 0.29) is 11.2 Å². The zero-order valence-electron chi connectivity index (χ0n) is 13.7. The van der Waals surface area contributed by atoms with Gasteiger partial charge in [0.15, 0.2) is 0 Å². The Hall–Kier alpha value is -3.09. The van der Waals surface area contributed by atoms with Crippen LogP contribution < -0.4 is 22.1 Å². The van der Waals surface area contributed by atoms with Crippen LogP contribution in [0.15, 0.2) is 50.8 Å². The van der Waals surface area contributed by atoms with Crippen molar-refractivity contribution in [1.29, 1.82) is 0 Å². The maximum Gasteiger partial charge on any atom is 0.332 e. The lowest BCUT2D eigenvalue weighted by molar-refractivity contribution is 0.699. The van der Waals surface area contributed by atoms with Gasteiger partial charge in [-0.2, -0.15) is 0 Å². The lowest BCUT2D eigenvalue weighted by Gasteiger charge is -2.17. The molecule has 0 unspecified atom stereocenters. The van der Waals surface area contributed by atoms with Gasteiger partial charge >= 0.3 is 5.69 Å². The number of fused-ring (bicyclic) bond motifs is 1. The van der Waals surface area contributed by atoms with E-state index < -0.39 is 11.2 Å². The number of nitrogens with one attached hydrogen (secondary N) is 1. The van der Waals surface area contributed by atoms with Crippen LogP contribution in [0.25, 0.3) is 16.7 Å². The van der Waals surface area contributed by atoms with Crippen molar-refractivity contribution in [2.75, 3.05) is 11.9 Å². The fraction of sp³-hybridized carbons (Fsp3) is 0.235. The first-order chi connectivity index (χ1) is 11.5. The first-order valence-electron chi connectivity index (χ1n) is 7.62. The summed E-state index contributed by atoms with van der Waals surface area (Å²) >= 11 is 0. The average molecular weight is 326 g/mol. The van der Waals surface area contributed by atoms with Crippen molar-refractivity contribution in [2.45, 2.75) is 6.92 Å². The van der Waals surface area contributed by atoms with Crippen molar-refractivity contribution in [2.24, 2.45) is 14.1 Å². The Labute approximate surface area is 137 Å². The van der Waals surface area contributed by atoms with Gasteiger partial charge < -0.3 is 5.32 Å². The Bertz CT molecular complexity index is 1090. The summed E-state index contributed by atoms with van der Waals surface area (Å²) in [6, 6.07) is 10.3. The van der Waals surface area contributed by atoms with E-state index in [1.807, 2.05) is 13.0 Å². The van der Waals surface area contributed by atoms with Crippen molar-refractivity contribution in [1.82, 2.24) is 13.7 Å². The summed E-state index contributed by atoms with van der Waals surface area (Å²) in [7, 11) is 2.98. The fourth-order valence-electron chi connectivity index (χ4n) is 2.85. The number of pyridine rings is 1. The number of rotatable bonds is 3. The van der Waals surface area contributed by atoms with E-state index in [0.717, 1.165) is 4.57 Å². The molecule has 0 spiro atoms. The monoisotopic (exact) mass is 326 g/mol. The van der Waals surface area contributed by atoms with Crippen molar-refractivity contribution in [3.05, 3.63) is 67.6 Å². The van der Waals surface area contributed by atoms with Crippen LogP contribution in [-0.4, -0.2) is 20.2 Å². The van der Waals surface area contributed by atoms with Gasteiger partial charge in [0.2, 0.25) is 0 Å². The maximum absolute atomic E-state index is 12.7. The normalized spacial score (nSPS) is 11.0. The first-order valence-corrected chi connectivity index (χ1v) is 7.62. The summed E-state index contributed by atoms with van der Waals surface area (Å²) in [4.78, 5) is 37.7. The van der Waals surface area contributed by atoms with Crippen LogP contribution in [0.5, 0.6) is 0 Å². The third-order valence-corrected chi connectivity index (χ3v) is 3.98. The van der Waals surface area contributed by atoms with Crippen molar-refractivity contribution in [3.8, 4) is 5.69 Å². The van der Waals surface area contributed by atoms with Crippen LogP contribution >= 0.6 is 0 Å². The Kier molecular flexibility index (Phi) is 3.84. The predicted octanol–water partition coefficient (Wildman–Crippen LogP) is 0.820. The van der Waals surface area contributed by atoms with E-state index in [9.17, 15) is 14.4 Å². The van der Waals surface area contributed by atoms with Crippen LogP contribution in [0.4, 0.5) is 5.69 Å². The van der Waals surface area contributed by atoms with Crippen molar-refractivity contribution >= 4 is 16.7 Å². The molecule has 0 saturated heterocycles. The maximum atomic E-state index is 12.7. The molecule has 2 heterocycles. The summed E-state index contributed by atoms with van der Waals surface area (Å²) in [6.45, 7) is 2.43. The molecule has 1 N–H and O–H groups in total. The molecule has 24 heavy (non-hydrogen) atoms. The SMILES string of the molecule is CCNc1cc(=O)n(-c2ccccc2)c2c1c(=O)n(C)c(=O)n2C. The second-order valence-corrected chi connectivity index (χ2v) is 5.50. The Balaban J connectivity index is 2.63. The number of aryl methyl sites for hydroxylation is 1. The van der Waals surface area contributed by atoms with Gasteiger partial charge in [-0.05, 0) is 19.1 Å². The quantitative estimate of drug-likeness (QED) is 0.773. The van der Waals surface area contributed by atoms with Gasteiger partial charge in [0.05, 0.1) is 11.4 Å². The third-order valence-electron chi connectivity index (χ3n) is 3.98. The third kappa shape index (κ3) is 2.25. The molecule has 0 aliphatic heterocycles. The van der Waals surface area contributed by atoms with E-state index in [1.165, 1.54) is 22.2 Å². The Morgan fingerprint density at radius 3 is 2.29 bits per heavy atom. The van der Waals surface area contributed by atoms with Crippen LogP contribution in [0.3, 0.4) is 0 Å². The van der Waals surface area contributed by atoms with E-state index in [2.05, 4.69) is 5.32 Å². The highest BCUT2D eigenvalue weighted by molar-refractivity contribution is 5.89. The second kappa shape index (κ2) is 5.84. The van der Waals surface area contributed by atoms with Crippen LogP contribution in [-0.2, 0) is 14.1 Å². The van der Waals surface area contributed by atoms with E-state index >= 15 is 0 Å². The smallest absolute Gasteiger partial charge is 0.332 e. The lowest BCUT2D eigenvalue weighted by atomic mass is 10.2. The molecule has 0 atom stereocenters. The zero-order chi connectivity index (χ0) is 17.4. The van der Waals surface area contributed by atoms with E-state index in [0.29, 0.717) is 23.3 Å². The van der Waals surface area contributed by atoms with E-state index in [1.54, 1.807) is 31.3 Å². The van der Waals surface area contributed by atoms with Gasteiger partial charge in [-0.15, -0.1) is 0 Å². The molecule has 0 amide bonds. The van der Waals surface area contributed by atoms with Gasteiger partial charge in [0.1, 0.15) is 11.0 Å². The average Bonchev–Trinajstić information content (AvgIpc) is 2.58. The molecule has 2 aromatic heterocycles. The molecular weight excluding hydrogens is 308 g/mol. The molecule has 0 fully saturated rings. The largest absolute Gasteiger partial charge is 0.384 e. The van der Waals surface area contributed by atoms with Crippen LogP contribution in [0.2, 0.25) is 0 Å². The lowest BCUT2D eigenvalue weighted by Crippen LogP contribution is -2.40. The minimum absolute atomic E-state index is 0.276. The molecule has 7 heteroatoms. The Morgan fingerprint density at radius 1 is 1.00 bits per heavy atom. The van der Waals surface area contributed by atoms with Crippen LogP contribution in [0, 0.1) is 0 Å². The molecule has 1 aromatic carbocycles. The second-order valence-electron chi connectivity index (χ2n) is 5.50. The van der Waals surface area contributed by atoms with Gasteiger partial charge in [-0.3, -0.25) is 23.3 Å². The first kappa shape index (κ1) is 15.8. The topological polar surface area (TPSA) is 78.0 Å². The van der Waals surface area contributed by atoms with Crippen molar-refractivity contribution in [3.63, 3.8) is 0 Å². The van der Waals surface area contributed by atoms with E-state index in [4.69, 9.17) is 0 Å². The number of para-hydroxylation sites is 1. The fourth-order valence-corrected chi connectivity index (χ4v) is 2.85. The number of anilines is 1. The van der Waals surface area contributed by atoms with Gasteiger partial charge in [-0.25, -0.2) is 4.79 Å². The van der Waals surface area contributed by atoms with Crippen LogP contribution in [0.1, 0.15) is 6.92 Å². The number of hydrogen-bond acceptors (Lipinski definition) is 4. The highest BCUT2D eigenvalue weighted by Crippen LogP contribution is 2.19. The molecule has 0 radical (unpaired) electrons. The van der Waals surface area contributed by atoms with Crippen molar-refractivity contribution < 1.29 is 0 Å². The molecule has 0 aliphatic rings. The molecule has 7 nitrogen and oxygen atoms in total. The van der Waals surface area contributed by atoms with Gasteiger partial charge in [0, 0.05) is 26.7 Å².